The molecule has 2 unspecified atom stereocenters. The fourth-order valence-corrected chi connectivity index (χ4v) is 5.11. The first-order valence-corrected chi connectivity index (χ1v) is 15.1. The van der Waals surface area contributed by atoms with E-state index in [-0.39, 0.29) is 18.0 Å². The molecule has 226 valence electrons. The van der Waals surface area contributed by atoms with Crippen LogP contribution in [0.3, 0.4) is 0 Å². The van der Waals surface area contributed by atoms with E-state index in [0.29, 0.717) is 39.5 Å². The minimum Gasteiger partial charge on any atom is -0.494 e. The largest absolute Gasteiger partial charge is 0.494 e. The third-order valence-corrected chi connectivity index (χ3v) is 7.60. The Labute approximate surface area is 254 Å². The van der Waals surface area contributed by atoms with Crippen LogP contribution in [0.15, 0.2) is 91.1 Å². The molecule has 43 heavy (non-hydrogen) atoms. The van der Waals surface area contributed by atoms with Crippen molar-refractivity contribution >= 4 is 16.9 Å². The Morgan fingerprint density at radius 1 is 0.907 bits per heavy atom. The molecule has 0 aliphatic carbocycles. The highest BCUT2D eigenvalue weighted by molar-refractivity contribution is 5.78. The highest BCUT2D eigenvalue weighted by atomic mass is 16.7. The second-order valence-electron chi connectivity index (χ2n) is 12.1. The minimum atomic E-state index is -0.574. The maximum absolute atomic E-state index is 12.6. The van der Waals surface area contributed by atoms with Crippen LogP contribution in [-0.4, -0.2) is 48.4 Å². The van der Waals surface area contributed by atoms with E-state index in [1.54, 1.807) is 11.3 Å². The molecule has 4 aromatic rings. The van der Waals surface area contributed by atoms with E-state index < -0.39 is 5.41 Å². The van der Waals surface area contributed by atoms with E-state index in [4.69, 9.17) is 19.0 Å². The van der Waals surface area contributed by atoms with Gasteiger partial charge in [-0.1, -0.05) is 60.7 Å². The summed E-state index contributed by atoms with van der Waals surface area (Å²) in [5, 5.41) is 2.86. The Morgan fingerprint density at radius 3 is 2.51 bits per heavy atom. The molecule has 7 heteroatoms. The molecular weight excluding hydrogens is 540 g/mol. The summed E-state index contributed by atoms with van der Waals surface area (Å²) in [6.07, 6.45) is 3.27. The standard InChI is InChI=1S/C36H42N2O5/c1-36(2,3)35(39)43-38-20-18-32(34(24-38)42-26-28-12-13-30-11-7-19-37-33(30)23-28)29-14-16-31(17-15-29)41-22-8-21-40-25-27-9-5-4-6-10-27/h4-7,9-17,19,23,32,34H,8,18,20-22,24-26H2,1-3H3. The Kier molecular flexibility index (Phi) is 10.4. The van der Waals surface area contributed by atoms with E-state index >= 15 is 0 Å². The Hall–Kier alpha value is -3.78. The van der Waals surface area contributed by atoms with Crippen LogP contribution in [0.25, 0.3) is 10.9 Å². The summed E-state index contributed by atoms with van der Waals surface area (Å²) in [5.74, 6) is 0.755. The molecule has 2 heterocycles. The number of hydroxylamine groups is 2. The van der Waals surface area contributed by atoms with Gasteiger partial charge in [0.15, 0.2) is 0 Å². The second kappa shape index (κ2) is 14.6. The van der Waals surface area contributed by atoms with Gasteiger partial charge in [-0.05, 0) is 68.1 Å². The SMILES string of the molecule is CC(C)(C)C(=O)ON1CCC(c2ccc(OCCCOCc3ccccc3)cc2)C(OCc2ccc3cccnc3c2)C1. The van der Waals surface area contributed by atoms with Gasteiger partial charge in [-0.2, -0.15) is 0 Å². The molecular formula is C36H42N2O5. The number of aromatic nitrogens is 1. The van der Waals surface area contributed by atoms with Crippen LogP contribution in [0.5, 0.6) is 5.75 Å². The molecule has 1 aliphatic heterocycles. The van der Waals surface area contributed by atoms with Gasteiger partial charge in [0.2, 0.25) is 0 Å². The Balaban J connectivity index is 1.17. The van der Waals surface area contributed by atoms with Crippen molar-refractivity contribution in [1.29, 1.82) is 0 Å². The molecule has 0 spiro atoms. The van der Waals surface area contributed by atoms with Crippen LogP contribution in [0.2, 0.25) is 0 Å². The summed E-state index contributed by atoms with van der Waals surface area (Å²) < 4.78 is 18.3. The molecule has 7 nitrogen and oxygen atoms in total. The first kappa shape index (κ1) is 30.7. The number of piperidine rings is 1. The zero-order chi connectivity index (χ0) is 30.1. The summed E-state index contributed by atoms with van der Waals surface area (Å²) in [4.78, 5) is 22.9. The number of hydrogen-bond donors (Lipinski definition) is 0. The Morgan fingerprint density at radius 2 is 1.72 bits per heavy atom. The van der Waals surface area contributed by atoms with Gasteiger partial charge in [0.1, 0.15) is 5.75 Å². The van der Waals surface area contributed by atoms with Gasteiger partial charge in [-0.15, -0.1) is 5.06 Å². The van der Waals surface area contributed by atoms with E-state index in [2.05, 4.69) is 53.5 Å². The summed E-state index contributed by atoms with van der Waals surface area (Å²) in [5.41, 5.74) is 3.79. The van der Waals surface area contributed by atoms with E-state index in [9.17, 15) is 4.79 Å². The first-order chi connectivity index (χ1) is 20.8. The Bertz CT molecular complexity index is 1450. The van der Waals surface area contributed by atoms with E-state index in [1.165, 1.54) is 11.1 Å². The quantitative estimate of drug-likeness (QED) is 0.165. The van der Waals surface area contributed by atoms with Gasteiger partial charge in [0.05, 0.1) is 50.0 Å². The topological polar surface area (TPSA) is 70.1 Å². The maximum Gasteiger partial charge on any atom is 0.330 e. The van der Waals surface area contributed by atoms with Crippen molar-refractivity contribution in [2.45, 2.75) is 58.8 Å². The minimum absolute atomic E-state index is 0.156. The predicted octanol–water partition coefficient (Wildman–Crippen LogP) is 7.10. The zero-order valence-electron chi connectivity index (χ0n) is 25.4. The van der Waals surface area contributed by atoms with Crippen molar-refractivity contribution in [3.8, 4) is 5.75 Å². The van der Waals surface area contributed by atoms with Gasteiger partial charge in [0.25, 0.3) is 0 Å². The van der Waals surface area contributed by atoms with E-state index in [1.807, 2.05) is 57.2 Å². The van der Waals surface area contributed by atoms with Gasteiger partial charge in [0, 0.05) is 30.5 Å². The normalized spacial score (nSPS) is 17.6. The lowest BCUT2D eigenvalue weighted by molar-refractivity contribution is -0.216. The van der Waals surface area contributed by atoms with Crippen molar-refractivity contribution in [1.82, 2.24) is 10.0 Å². The lowest BCUT2D eigenvalue weighted by atomic mass is 9.87. The summed E-state index contributed by atoms with van der Waals surface area (Å²) in [7, 11) is 0. The molecule has 1 aromatic heterocycles. The molecule has 5 rings (SSSR count). The van der Waals surface area contributed by atoms with Gasteiger partial charge >= 0.3 is 5.97 Å². The number of ether oxygens (including phenoxy) is 3. The average molecular weight is 583 g/mol. The monoisotopic (exact) mass is 582 g/mol. The molecule has 0 amide bonds. The lowest BCUT2D eigenvalue weighted by Crippen LogP contribution is -2.46. The number of hydrogen-bond acceptors (Lipinski definition) is 7. The highest BCUT2D eigenvalue weighted by Crippen LogP contribution is 2.33. The fraction of sp³-hybridized carbons (Fsp3) is 0.389. The smallest absolute Gasteiger partial charge is 0.330 e. The molecule has 1 aliphatic rings. The number of carbonyl (C=O) groups is 1. The number of benzene rings is 3. The second-order valence-corrected chi connectivity index (χ2v) is 12.1. The summed E-state index contributed by atoms with van der Waals surface area (Å²) in [6.45, 7) is 9.05. The van der Waals surface area contributed by atoms with Crippen LogP contribution in [0.1, 0.15) is 56.2 Å². The van der Waals surface area contributed by atoms with Crippen molar-refractivity contribution in [3.05, 3.63) is 108 Å². The van der Waals surface area contributed by atoms with Gasteiger partial charge in [-0.3, -0.25) is 4.98 Å². The maximum atomic E-state index is 12.6. The van der Waals surface area contributed by atoms with Crippen molar-refractivity contribution < 1.29 is 23.8 Å². The predicted molar refractivity (Wildman–Crippen MR) is 167 cm³/mol. The van der Waals surface area contributed by atoms with Crippen molar-refractivity contribution in [3.63, 3.8) is 0 Å². The summed E-state index contributed by atoms with van der Waals surface area (Å²) in [6, 6.07) is 28.7. The number of rotatable bonds is 12. The lowest BCUT2D eigenvalue weighted by Gasteiger charge is -2.38. The molecule has 3 aromatic carbocycles. The fourth-order valence-electron chi connectivity index (χ4n) is 5.11. The van der Waals surface area contributed by atoms with Crippen LogP contribution < -0.4 is 4.74 Å². The van der Waals surface area contributed by atoms with Crippen LogP contribution in [0.4, 0.5) is 0 Å². The first-order valence-electron chi connectivity index (χ1n) is 15.1. The number of carbonyl (C=O) groups excluding carboxylic acids is 1. The molecule has 0 radical (unpaired) electrons. The van der Waals surface area contributed by atoms with Crippen molar-refractivity contribution in [2.24, 2.45) is 5.41 Å². The molecule has 1 fully saturated rings. The van der Waals surface area contributed by atoms with Crippen molar-refractivity contribution in [2.75, 3.05) is 26.3 Å². The third-order valence-electron chi connectivity index (χ3n) is 7.60. The summed E-state index contributed by atoms with van der Waals surface area (Å²) >= 11 is 0. The van der Waals surface area contributed by atoms with Crippen LogP contribution in [0, 0.1) is 5.41 Å². The van der Waals surface area contributed by atoms with Gasteiger partial charge in [-0.25, -0.2) is 4.79 Å². The third kappa shape index (κ3) is 8.86. The van der Waals surface area contributed by atoms with E-state index in [0.717, 1.165) is 35.1 Å². The highest BCUT2D eigenvalue weighted by Gasteiger charge is 2.35. The molecule has 2 atom stereocenters. The molecule has 0 bridgehead atoms. The number of fused-ring (bicyclic) bond motifs is 1. The van der Waals surface area contributed by atoms with Crippen LogP contribution in [-0.2, 0) is 32.3 Å². The molecule has 0 N–H and O–H groups in total. The molecule has 1 saturated heterocycles. The molecule has 0 saturated carbocycles. The number of nitrogens with zero attached hydrogens (tertiary/aromatic N) is 2. The van der Waals surface area contributed by atoms with Gasteiger partial charge < -0.3 is 19.0 Å². The zero-order valence-corrected chi connectivity index (χ0v) is 25.4. The average Bonchev–Trinajstić information content (AvgIpc) is 3.02. The number of pyridine rings is 1. The van der Waals surface area contributed by atoms with Crippen LogP contribution >= 0.6 is 0 Å².